The molecule has 3 rings (SSSR count). The Morgan fingerprint density at radius 3 is 2.41 bits per heavy atom. The lowest BCUT2D eigenvalue weighted by atomic mass is 9.95. The Hall–Kier alpha value is -3.68. The summed E-state index contributed by atoms with van der Waals surface area (Å²) in [4.78, 5) is 19.6. The van der Waals surface area contributed by atoms with E-state index in [0.29, 0.717) is 28.2 Å². The van der Waals surface area contributed by atoms with Gasteiger partial charge >= 0.3 is 6.18 Å². The first-order valence-corrected chi connectivity index (χ1v) is 10.6. The molecule has 4 nitrogen and oxygen atoms in total. The maximum absolute atomic E-state index is 14.1. The minimum atomic E-state index is -4.63. The second-order valence-electron chi connectivity index (χ2n) is 8.70. The second-order valence-corrected chi connectivity index (χ2v) is 8.70. The fourth-order valence-corrected chi connectivity index (χ4v) is 3.15. The van der Waals surface area contributed by atoms with Gasteiger partial charge in [0.2, 0.25) is 5.91 Å². The molecule has 3 aromatic rings. The van der Waals surface area contributed by atoms with Crippen LogP contribution in [0.1, 0.15) is 44.6 Å². The van der Waals surface area contributed by atoms with Gasteiger partial charge in [0.05, 0.1) is 23.1 Å². The molecule has 2 N–H and O–H groups in total. The van der Waals surface area contributed by atoms with Gasteiger partial charge in [-0.2, -0.15) is 13.2 Å². The summed E-state index contributed by atoms with van der Waals surface area (Å²) < 4.78 is 54.6. The van der Waals surface area contributed by atoms with Crippen molar-refractivity contribution < 1.29 is 22.4 Å². The first-order chi connectivity index (χ1) is 15.9. The van der Waals surface area contributed by atoms with Crippen LogP contribution in [0.5, 0.6) is 0 Å². The number of halogens is 4. The van der Waals surface area contributed by atoms with Gasteiger partial charge in [-0.15, -0.1) is 0 Å². The van der Waals surface area contributed by atoms with Gasteiger partial charge in [-0.05, 0) is 36.8 Å². The van der Waals surface area contributed by atoms with E-state index in [2.05, 4.69) is 15.3 Å². The molecule has 2 aromatic carbocycles. The van der Waals surface area contributed by atoms with Gasteiger partial charge in [-0.25, -0.2) is 9.37 Å². The van der Waals surface area contributed by atoms with Crippen LogP contribution in [0, 0.1) is 11.2 Å². The lowest BCUT2D eigenvalue weighted by Crippen LogP contribution is -2.28. The van der Waals surface area contributed by atoms with Crippen molar-refractivity contribution in [2.75, 3.05) is 5.32 Å². The number of amides is 1. The Morgan fingerprint density at radius 1 is 1.09 bits per heavy atom. The topological polar surface area (TPSA) is 57.8 Å². The van der Waals surface area contributed by atoms with Crippen LogP contribution in [-0.2, 0) is 11.0 Å². The molecule has 0 radical (unpaired) electrons. The molecule has 1 amide bonds. The van der Waals surface area contributed by atoms with Gasteiger partial charge in [-0.3, -0.25) is 4.79 Å². The summed E-state index contributed by atoms with van der Waals surface area (Å²) >= 11 is 0. The van der Waals surface area contributed by atoms with Crippen LogP contribution < -0.4 is 5.32 Å². The summed E-state index contributed by atoms with van der Waals surface area (Å²) in [6, 6.07) is 9.90. The molecule has 0 spiro atoms. The van der Waals surface area contributed by atoms with E-state index >= 15 is 0 Å². The van der Waals surface area contributed by atoms with Crippen LogP contribution >= 0.6 is 0 Å². The van der Waals surface area contributed by atoms with Gasteiger partial charge in [0, 0.05) is 16.5 Å². The highest BCUT2D eigenvalue weighted by Crippen LogP contribution is 2.37. The summed E-state index contributed by atoms with van der Waals surface area (Å²) in [5.41, 5.74) is -0.151. The van der Waals surface area contributed by atoms with Gasteiger partial charge in [-0.1, -0.05) is 57.2 Å². The second kappa shape index (κ2) is 9.67. The molecule has 0 saturated carbocycles. The molecule has 0 aliphatic rings. The lowest BCUT2D eigenvalue weighted by Gasteiger charge is -2.20. The number of hydrogen-bond acceptors (Lipinski definition) is 2. The Labute approximate surface area is 195 Å². The van der Waals surface area contributed by atoms with Gasteiger partial charge in [0.1, 0.15) is 11.6 Å². The number of carbonyl (C=O) groups excluding carboxylic acids is 1. The fraction of sp³-hybridized carbons (Fsp3) is 0.231. The molecule has 1 heterocycles. The molecule has 0 fully saturated rings. The van der Waals surface area contributed by atoms with Crippen molar-refractivity contribution in [3.05, 3.63) is 83.6 Å². The van der Waals surface area contributed by atoms with Crippen molar-refractivity contribution in [1.29, 1.82) is 0 Å². The molecule has 1 aromatic heterocycles. The first-order valence-electron chi connectivity index (χ1n) is 10.6. The number of nitrogens with one attached hydrogen (secondary N) is 2. The maximum Gasteiger partial charge on any atom is 0.418 e. The van der Waals surface area contributed by atoms with Gasteiger partial charge in [0.15, 0.2) is 0 Å². The largest absolute Gasteiger partial charge is 0.418 e. The van der Waals surface area contributed by atoms with Crippen molar-refractivity contribution in [2.45, 2.75) is 33.9 Å². The van der Waals surface area contributed by atoms with Crippen molar-refractivity contribution in [2.24, 2.45) is 5.41 Å². The monoisotopic (exact) mass is 471 g/mol. The predicted molar refractivity (Wildman–Crippen MR) is 126 cm³/mol. The van der Waals surface area contributed by atoms with E-state index in [1.54, 1.807) is 64.1 Å². The van der Waals surface area contributed by atoms with Crippen LogP contribution in [0.25, 0.3) is 22.9 Å². The standard InChI is InChI=1S/C26H25F4N3O/c1-5-16(18-8-6-7-9-20(18)27)11-13-23-31-15-22(32-23)17-10-12-19(26(28,29)30)21(14-17)33-24(34)25(2,3)4/h5-15H,1-4H3,(H,31,32)(H,33,34)/b13-11-,16-5+. The van der Waals surface area contributed by atoms with E-state index in [9.17, 15) is 22.4 Å². The zero-order valence-corrected chi connectivity index (χ0v) is 19.2. The number of alkyl halides is 3. The highest BCUT2D eigenvalue weighted by molar-refractivity contribution is 5.96. The third-order valence-electron chi connectivity index (χ3n) is 5.08. The van der Waals surface area contributed by atoms with Crippen LogP contribution in [0.2, 0.25) is 0 Å². The highest BCUT2D eigenvalue weighted by Gasteiger charge is 2.35. The summed E-state index contributed by atoms with van der Waals surface area (Å²) in [6.45, 7) is 6.64. The average Bonchev–Trinajstić information content (AvgIpc) is 3.23. The number of aromatic nitrogens is 2. The van der Waals surface area contributed by atoms with Crippen LogP contribution in [0.3, 0.4) is 0 Å². The number of carbonyl (C=O) groups is 1. The molecule has 0 atom stereocenters. The van der Waals surface area contributed by atoms with Gasteiger partial charge < -0.3 is 10.3 Å². The Kier molecular flexibility index (Phi) is 7.09. The van der Waals surface area contributed by atoms with E-state index in [1.807, 2.05) is 0 Å². The van der Waals surface area contributed by atoms with E-state index in [0.717, 1.165) is 6.07 Å². The number of nitrogens with zero attached hydrogens (tertiary/aromatic N) is 1. The number of aromatic amines is 1. The first kappa shape index (κ1) is 25.0. The smallest absolute Gasteiger partial charge is 0.338 e. The number of hydrogen-bond donors (Lipinski definition) is 2. The van der Waals surface area contributed by atoms with Gasteiger partial charge in [0.25, 0.3) is 0 Å². The van der Waals surface area contributed by atoms with Crippen molar-refractivity contribution in [3.63, 3.8) is 0 Å². The lowest BCUT2D eigenvalue weighted by molar-refractivity contribution is -0.137. The minimum Gasteiger partial charge on any atom is -0.338 e. The Balaban J connectivity index is 1.91. The number of allylic oxidation sites excluding steroid dienone is 3. The predicted octanol–water partition coefficient (Wildman–Crippen LogP) is 7.34. The molecule has 0 saturated heterocycles. The van der Waals surface area contributed by atoms with Crippen molar-refractivity contribution in [3.8, 4) is 11.3 Å². The Bertz CT molecular complexity index is 1250. The maximum atomic E-state index is 14.1. The summed E-state index contributed by atoms with van der Waals surface area (Å²) in [5, 5.41) is 2.39. The number of H-pyrrole nitrogens is 1. The van der Waals surface area contributed by atoms with E-state index in [4.69, 9.17) is 0 Å². The van der Waals surface area contributed by atoms with Crippen molar-refractivity contribution >= 4 is 23.2 Å². The third-order valence-corrected chi connectivity index (χ3v) is 5.08. The number of benzene rings is 2. The number of anilines is 1. The summed E-state index contributed by atoms with van der Waals surface area (Å²) in [7, 11) is 0. The molecule has 0 bridgehead atoms. The summed E-state index contributed by atoms with van der Waals surface area (Å²) in [5.74, 6) is -0.448. The van der Waals surface area contributed by atoms with Crippen molar-refractivity contribution in [1.82, 2.24) is 9.97 Å². The zero-order valence-electron chi connectivity index (χ0n) is 19.2. The number of imidazole rings is 1. The van der Waals surface area contributed by atoms with E-state index < -0.39 is 23.1 Å². The molecular weight excluding hydrogens is 446 g/mol. The SMILES string of the molecule is C/C=C(\C=C/c1ncc(-c2ccc(C(F)(F)F)c(NC(=O)C(C)(C)C)c2)[nH]1)c1ccccc1F. The average molecular weight is 471 g/mol. The molecular formula is C26H25F4N3O. The van der Waals surface area contributed by atoms with E-state index in [-0.39, 0.29) is 11.5 Å². The van der Waals surface area contributed by atoms with Crippen LogP contribution in [0.15, 0.2) is 60.8 Å². The molecule has 8 heteroatoms. The molecule has 178 valence electrons. The minimum absolute atomic E-state index is 0.327. The highest BCUT2D eigenvalue weighted by atomic mass is 19.4. The molecule has 0 aliphatic heterocycles. The zero-order chi connectivity index (χ0) is 25.1. The third kappa shape index (κ3) is 5.81. The fourth-order valence-electron chi connectivity index (χ4n) is 3.15. The summed E-state index contributed by atoms with van der Waals surface area (Å²) in [6.07, 6.45) is 1.96. The normalized spacial score (nSPS) is 12.9. The molecule has 34 heavy (non-hydrogen) atoms. The van der Waals surface area contributed by atoms with Crippen LogP contribution in [0.4, 0.5) is 23.2 Å². The Morgan fingerprint density at radius 2 is 1.79 bits per heavy atom. The molecule has 0 aliphatic carbocycles. The molecule has 0 unspecified atom stereocenters. The number of rotatable bonds is 5. The quantitative estimate of drug-likeness (QED) is 0.302. The van der Waals surface area contributed by atoms with E-state index in [1.165, 1.54) is 24.4 Å². The van der Waals surface area contributed by atoms with Crippen LogP contribution in [-0.4, -0.2) is 15.9 Å².